The average molecular weight is 307 g/mol. The van der Waals surface area contributed by atoms with Gasteiger partial charge in [-0.25, -0.2) is 0 Å². The monoisotopic (exact) mass is 307 g/mol. The van der Waals surface area contributed by atoms with Gasteiger partial charge in [-0.05, 0) is 24.3 Å². The average Bonchev–Trinajstić information content (AvgIpc) is 3.19. The molecule has 0 spiro atoms. The summed E-state index contributed by atoms with van der Waals surface area (Å²) in [4.78, 5) is 18.9. The number of amides is 1. The summed E-state index contributed by atoms with van der Waals surface area (Å²) in [6.45, 7) is 1.12. The summed E-state index contributed by atoms with van der Waals surface area (Å²) in [5, 5.41) is 15.3. The highest BCUT2D eigenvalue weighted by Gasteiger charge is 2.24. The number of thiophene rings is 1. The third-order valence-corrected chi connectivity index (χ3v) is 4.37. The van der Waals surface area contributed by atoms with E-state index in [1.54, 1.807) is 16.2 Å². The van der Waals surface area contributed by atoms with Crippen LogP contribution in [-0.4, -0.2) is 45.2 Å². The number of β-amino-alcohol motifs (C(OH)–C–C–N with tert-alkyl or cyclic N) is 1. The van der Waals surface area contributed by atoms with E-state index in [2.05, 4.69) is 10.1 Å². The van der Waals surface area contributed by atoms with E-state index in [0.717, 1.165) is 4.88 Å². The first-order chi connectivity index (χ1) is 10.2. The van der Waals surface area contributed by atoms with E-state index in [0.29, 0.717) is 50.5 Å². The minimum atomic E-state index is -0.363. The number of likely N-dealkylation sites (tertiary alicyclic amines) is 1. The fraction of sp³-hybridized carbons (Fsp3) is 0.500. The lowest BCUT2D eigenvalue weighted by Gasteiger charge is -2.14. The van der Waals surface area contributed by atoms with Crippen LogP contribution in [0.15, 0.2) is 22.0 Å². The van der Waals surface area contributed by atoms with E-state index in [4.69, 9.17) is 4.52 Å². The van der Waals surface area contributed by atoms with Gasteiger partial charge >= 0.3 is 0 Å². The van der Waals surface area contributed by atoms with Gasteiger partial charge in [-0.2, -0.15) is 4.98 Å². The quantitative estimate of drug-likeness (QED) is 0.909. The van der Waals surface area contributed by atoms with Crippen molar-refractivity contribution in [1.29, 1.82) is 0 Å². The van der Waals surface area contributed by atoms with Crippen molar-refractivity contribution in [1.82, 2.24) is 15.0 Å². The molecule has 1 amide bonds. The second-order valence-electron chi connectivity index (χ2n) is 5.12. The van der Waals surface area contributed by atoms with Gasteiger partial charge in [0.25, 0.3) is 0 Å². The molecule has 0 radical (unpaired) electrons. The number of nitrogens with zero attached hydrogens (tertiary/aromatic N) is 3. The summed E-state index contributed by atoms with van der Waals surface area (Å²) in [6.07, 6.45) is 2.04. The van der Waals surface area contributed by atoms with E-state index >= 15 is 0 Å². The Hall–Kier alpha value is -1.73. The molecule has 0 saturated carbocycles. The van der Waals surface area contributed by atoms with Crippen LogP contribution in [0.5, 0.6) is 0 Å². The van der Waals surface area contributed by atoms with Crippen molar-refractivity contribution >= 4 is 17.2 Å². The zero-order chi connectivity index (χ0) is 14.7. The van der Waals surface area contributed by atoms with Crippen molar-refractivity contribution in [2.24, 2.45) is 0 Å². The molecule has 0 unspecified atom stereocenters. The van der Waals surface area contributed by atoms with Crippen molar-refractivity contribution in [2.45, 2.75) is 31.8 Å². The fourth-order valence-corrected chi connectivity index (χ4v) is 3.03. The van der Waals surface area contributed by atoms with Gasteiger partial charge in [-0.15, -0.1) is 11.3 Å². The number of aliphatic hydroxyl groups excluding tert-OH is 1. The second kappa shape index (κ2) is 6.36. The zero-order valence-corrected chi connectivity index (χ0v) is 12.4. The molecule has 1 fully saturated rings. The van der Waals surface area contributed by atoms with Gasteiger partial charge in [0.1, 0.15) is 0 Å². The van der Waals surface area contributed by atoms with Crippen LogP contribution in [0.4, 0.5) is 0 Å². The zero-order valence-electron chi connectivity index (χ0n) is 11.6. The molecular weight excluding hydrogens is 290 g/mol. The molecule has 1 aliphatic heterocycles. The normalized spacial score (nSPS) is 18.3. The van der Waals surface area contributed by atoms with Crippen molar-refractivity contribution in [3.8, 4) is 10.7 Å². The highest BCUT2D eigenvalue weighted by molar-refractivity contribution is 7.13. The first kappa shape index (κ1) is 14.2. The third-order valence-electron chi connectivity index (χ3n) is 3.51. The van der Waals surface area contributed by atoms with Gasteiger partial charge < -0.3 is 14.5 Å². The molecule has 1 saturated heterocycles. The number of aliphatic hydroxyl groups is 1. The molecule has 21 heavy (non-hydrogen) atoms. The molecule has 112 valence electrons. The molecule has 0 aromatic carbocycles. The van der Waals surface area contributed by atoms with E-state index in [9.17, 15) is 9.90 Å². The molecule has 0 bridgehead atoms. The van der Waals surface area contributed by atoms with Gasteiger partial charge in [0.05, 0.1) is 11.0 Å². The maximum absolute atomic E-state index is 11.9. The standard InChI is InChI=1S/C14H17N3O3S/c18-10-6-7-17(9-10)13(19)5-1-4-12-15-14(16-20-12)11-3-2-8-21-11/h2-3,8,10,18H,1,4-7,9H2/t10-/m1/s1. The highest BCUT2D eigenvalue weighted by atomic mass is 32.1. The van der Waals surface area contributed by atoms with Gasteiger partial charge in [-0.1, -0.05) is 11.2 Å². The number of hydrogen-bond donors (Lipinski definition) is 1. The lowest BCUT2D eigenvalue weighted by molar-refractivity contribution is -0.130. The number of rotatable bonds is 5. The van der Waals surface area contributed by atoms with Gasteiger partial charge in [0.15, 0.2) is 0 Å². The number of carbonyl (C=O) groups excluding carboxylic acids is 1. The molecule has 3 heterocycles. The molecule has 7 heteroatoms. The van der Waals surface area contributed by atoms with E-state index < -0.39 is 0 Å². The first-order valence-corrected chi connectivity index (χ1v) is 7.92. The minimum Gasteiger partial charge on any atom is -0.391 e. The van der Waals surface area contributed by atoms with Crippen LogP contribution in [0.25, 0.3) is 10.7 Å². The topological polar surface area (TPSA) is 79.5 Å². The predicted molar refractivity (Wildman–Crippen MR) is 77.8 cm³/mol. The molecule has 3 rings (SSSR count). The number of carbonyl (C=O) groups is 1. The Balaban J connectivity index is 1.46. The van der Waals surface area contributed by atoms with Crippen molar-refractivity contribution < 1.29 is 14.4 Å². The Morgan fingerprint density at radius 2 is 2.48 bits per heavy atom. The summed E-state index contributed by atoms with van der Waals surface area (Å²) in [5.41, 5.74) is 0. The smallest absolute Gasteiger partial charge is 0.226 e. The summed E-state index contributed by atoms with van der Waals surface area (Å²) in [5.74, 6) is 1.26. The molecule has 1 atom stereocenters. The van der Waals surface area contributed by atoms with Gasteiger partial charge in [-0.3, -0.25) is 4.79 Å². The number of hydrogen-bond acceptors (Lipinski definition) is 6. The Morgan fingerprint density at radius 3 is 3.19 bits per heavy atom. The van der Waals surface area contributed by atoms with Crippen molar-refractivity contribution in [2.75, 3.05) is 13.1 Å². The Bertz CT molecular complexity index is 596. The van der Waals surface area contributed by atoms with Gasteiger partial charge in [0.2, 0.25) is 17.6 Å². The van der Waals surface area contributed by atoms with Crippen LogP contribution in [0, 0.1) is 0 Å². The van der Waals surface area contributed by atoms with Crippen LogP contribution < -0.4 is 0 Å². The van der Waals surface area contributed by atoms with Crippen LogP contribution >= 0.6 is 11.3 Å². The molecule has 1 N–H and O–H groups in total. The Kier molecular flexibility index (Phi) is 4.31. The van der Waals surface area contributed by atoms with Crippen molar-refractivity contribution in [3.63, 3.8) is 0 Å². The Labute approximate surface area is 126 Å². The minimum absolute atomic E-state index is 0.0875. The lowest BCUT2D eigenvalue weighted by atomic mass is 10.2. The molecular formula is C14H17N3O3S. The summed E-state index contributed by atoms with van der Waals surface area (Å²) >= 11 is 1.57. The van der Waals surface area contributed by atoms with Crippen molar-refractivity contribution in [3.05, 3.63) is 23.4 Å². The first-order valence-electron chi connectivity index (χ1n) is 7.04. The highest BCUT2D eigenvalue weighted by Crippen LogP contribution is 2.21. The summed E-state index contributed by atoms with van der Waals surface area (Å²) in [6, 6.07) is 3.89. The van der Waals surface area contributed by atoms with Crippen LogP contribution in [0.1, 0.15) is 25.2 Å². The largest absolute Gasteiger partial charge is 0.391 e. The molecule has 1 aliphatic rings. The van der Waals surface area contributed by atoms with E-state index in [1.165, 1.54) is 0 Å². The Morgan fingerprint density at radius 1 is 1.57 bits per heavy atom. The maximum Gasteiger partial charge on any atom is 0.226 e. The number of aromatic nitrogens is 2. The molecule has 2 aromatic rings. The van der Waals surface area contributed by atoms with Crippen LogP contribution in [0.3, 0.4) is 0 Å². The second-order valence-corrected chi connectivity index (χ2v) is 6.07. The maximum atomic E-state index is 11.9. The molecule has 6 nitrogen and oxygen atoms in total. The SMILES string of the molecule is O=C(CCCc1nc(-c2cccs2)no1)N1CC[C@@H](O)C1. The van der Waals surface area contributed by atoms with E-state index in [1.807, 2.05) is 17.5 Å². The lowest BCUT2D eigenvalue weighted by Crippen LogP contribution is -2.29. The summed E-state index contributed by atoms with van der Waals surface area (Å²) in [7, 11) is 0. The predicted octanol–water partition coefficient (Wildman–Crippen LogP) is 1.71. The number of aryl methyl sites for hydroxylation is 1. The van der Waals surface area contributed by atoms with Crippen LogP contribution in [-0.2, 0) is 11.2 Å². The summed E-state index contributed by atoms with van der Waals surface area (Å²) < 4.78 is 5.19. The van der Waals surface area contributed by atoms with Gasteiger partial charge in [0, 0.05) is 25.9 Å². The fourth-order valence-electron chi connectivity index (χ4n) is 2.38. The van der Waals surface area contributed by atoms with E-state index in [-0.39, 0.29) is 12.0 Å². The third kappa shape index (κ3) is 3.48. The molecule has 0 aliphatic carbocycles. The van der Waals surface area contributed by atoms with Crippen LogP contribution in [0.2, 0.25) is 0 Å². The molecule has 2 aromatic heterocycles.